The summed E-state index contributed by atoms with van der Waals surface area (Å²) in [7, 11) is 0. The molecule has 1 aromatic heterocycles. The van der Waals surface area contributed by atoms with Gasteiger partial charge in [-0.25, -0.2) is 0 Å². The molecular weight excluding hydrogens is 504 g/mol. The summed E-state index contributed by atoms with van der Waals surface area (Å²) < 4.78 is 6.22. The Hall–Kier alpha value is -4.79. The van der Waals surface area contributed by atoms with Gasteiger partial charge in [0.25, 0.3) is 0 Å². The molecule has 1 nitrogen and oxygen atoms in total. The molecule has 0 fully saturated rings. The van der Waals surface area contributed by atoms with Crippen molar-refractivity contribution in [3.63, 3.8) is 0 Å². The summed E-state index contributed by atoms with van der Waals surface area (Å²) in [5.41, 5.74) is 9.41. The third-order valence-electron chi connectivity index (χ3n) is 8.28. The number of hydrogen-bond acceptors (Lipinski definition) is 2. The van der Waals surface area contributed by atoms with Gasteiger partial charge >= 0.3 is 0 Å². The topological polar surface area (TPSA) is 13.1 Å². The monoisotopic (exact) mass is 526 g/mol. The average molecular weight is 527 g/mol. The minimum Gasteiger partial charge on any atom is -0.456 e. The Morgan fingerprint density at radius 3 is 1.95 bits per heavy atom. The van der Waals surface area contributed by atoms with E-state index in [1.54, 1.807) is 0 Å². The van der Waals surface area contributed by atoms with Crippen LogP contribution in [-0.2, 0) is 0 Å². The quantitative estimate of drug-likeness (QED) is 0.222. The van der Waals surface area contributed by atoms with E-state index in [4.69, 9.17) is 4.42 Å². The molecule has 40 heavy (non-hydrogen) atoms. The van der Waals surface area contributed by atoms with E-state index in [9.17, 15) is 0 Å². The van der Waals surface area contributed by atoms with E-state index in [-0.39, 0.29) is 0 Å². The predicted molar refractivity (Wildman–Crippen MR) is 169 cm³/mol. The number of benzene rings is 7. The van der Waals surface area contributed by atoms with Crippen LogP contribution in [0, 0.1) is 0 Å². The molecule has 0 spiro atoms. The summed E-state index contributed by atoms with van der Waals surface area (Å²) in [6, 6.07) is 48.3. The van der Waals surface area contributed by atoms with Crippen LogP contribution >= 0.6 is 11.8 Å². The molecule has 0 saturated carbocycles. The third kappa shape index (κ3) is 3.11. The fourth-order valence-electron chi connectivity index (χ4n) is 6.52. The molecule has 1 aliphatic rings. The van der Waals surface area contributed by atoms with E-state index in [0.717, 1.165) is 16.6 Å². The molecule has 0 radical (unpaired) electrons. The molecule has 186 valence electrons. The highest BCUT2D eigenvalue weighted by Crippen LogP contribution is 2.49. The van der Waals surface area contributed by atoms with Crippen LogP contribution < -0.4 is 0 Å². The van der Waals surface area contributed by atoms with E-state index in [1.165, 1.54) is 70.1 Å². The average Bonchev–Trinajstić information content (AvgIpc) is 3.40. The molecule has 0 aliphatic carbocycles. The molecule has 7 aromatic carbocycles. The largest absolute Gasteiger partial charge is 0.456 e. The van der Waals surface area contributed by atoms with Crippen molar-refractivity contribution in [3.8, 4) is 33.4 Å². The van der Waals surface area contributed by atoms with Crippen molar-refractivity contribution in [1.82, 2.24) is 0 Å². The number of hydrogen-bond donors (Lipinski definition) is 0. The van der Waals surface area contributed by atoms with Gasteiger partial charge in [0.05, 0.1) is 0 Å². The van der Waals surface area contributed by atoms with E-state index in [1.807, 2.05) is 23.9 Å². The minimum absolute atomic E-state index is 0.925. The highest BCUT2D eigenvalue weighted by atomic mass is 32.2. The number of furan rings is 1. The van der Waals surface area contributed by atoms with Gasteiger partial charge in [-0.05, 0) is 79.9 Å². The first-order valence-electron chi connectivity index (χ1n) is 13.6. The lowest BCUT2D eigenvalue weighted by atomic mass is 9.89. The maximum absolute atomic E-state index is 6.22. The zero-order chi connectivity index (χ0) is 26.2. The van der Waals surface area contributed by atoms with E-state index < -0.39 is 0 Å². The number of para-hydroxylation sites is 1. The Labute approximate surface area is 235 Å². The normalized spacial score (nSPS) is 12.4. The van der Waals surface area contributed by atoms with Gasteiger partial charge in [-0.3, -0.25) is 0 Å². The summed E-state index contributed by atoms with van der Waals surface area (Å²) >= 11 is 1.88. The van der Waals surface area contributed by atoms with Crippen LogP contribution in [-0.4, -0.2) is 0 Å². The molecule has 1 aliphatic heterocycles. The number of fused-ring (bicyclic) bond motifs is 6. The third-order valence-corrected chi connectivity index (χ3v) is 9.42. The summed E-state index contributed by atoms with van der Waals surface area (Å²) in [4.78, 5) is 2.65. The van der Waals surface area contributed by atoms with Gasteiger partial charge in [0.1, 0.15) is 11.2 Å². The summed E-state index contributed by atoms with van der Waals surface area (Å²) in [6.07, 6.45) is 0. The Balaban J connectivity index is 1.27. The maximum atomic E-state index is 6.22. The van der Waals surface area contributed by atoms with Crippen molar-refractivity contribution in [1.29, 1.82) is 0 Å². The van der Waals surface area contributed by atoms with Crippen LogP contribution in [0.5, 0.6) is 0 Å². The van der Waals surface area contributed by atoms with E-state index >= 15 is 0 Å². The van der Waals surface area contributed by atoms with Crippen molar-refractivity contribution in [2.24, 2.45) is 0 Å². The van der Waals surface area contributed by atoms with Gasteiger partial charge < -0.3 is 4.42 Å². The molecule has 2 heteroatoms. The van der Waals surface area contributed by atoms with Crippen LogP contribution in [0.2, 0.25) is 0 Å². The van der Waals surface area contributed by atoms with Gasteiger partial charge in [-0.2, -0.15) is 0 Å². The molecule has 0 N–H and O–H groups in total. The van der Waals surface area contributed by atoms with Gasteiger partial charge in [-0.1, -0.05) is 115 Å². The molecule has 0 saturated heterocycles. The van der Waals surface area contributed by atoms with Crippen LogP contribution in [0.1, 0.15) is 0 Å². The lowest BCUT2D eigenvalue weighted by molar-refractivity contribution is 0.669. The molecular formula is C38H22OS. The van der Waals surface area contributed by atoms with Crippen LogP contribution in [0.4, 0.5) is 0 Å². The zero-order valence-electron chi connectivity index (χ0n) is 21.5. The fourth-order valence-corrected chi connectivity index (χ4v) is 7.64. The van der Waals surface area contributed by atoms with Gasteiger partial charge in [0, 0.05) is 25.9 Å². The first-order valence-corrected chi connectivity index (χ1v) is 14.4. The first kappa shape index (κ1) is 22.1. The molecule has 8 aromatic rings. The van der Waals surface area contributed by atoms with Crippen molar-refractivity contribution in [3.05, 3.63) is 133 Å². The van der Waals surface area contributed by atoms with Crippen LogP contribution in [0.25, 0.3) is 76.9 Å². The molecule has 2 heterocycles. The minimum atomic E-state index is 0.925. The lowest BCUT2D eigenvalue weighted by Crippen LogP contribution is -1.94. The molecule has 0 bridgehead atoms. The predicted octanol–water partition coefficient (Wildman–Crippen LogP) is 11.4. The standard InChI is InChI=1S/C38H22OS/c1-2-11-27-26(10-1)25(19-20-28(27)29-14-7-16-34-38(29)31-12-3-4-15-33(31)39-34)24-18-21-35-32(22-24)30-13-5-8-23-9-6-17-36(40-35)37(23)30/h1-22H. The summed E-state index contributed by atoms with van der Waals surface area (Å²) in [5, 5.41) is 7.50. The smallest absolute Gasteiger partial charge is 0.136 e. The highest BCUT2D eigenvalue weighted by molar-refractivity contribution is 7.99. The van der Waals surface area contributed by atoms with Gasteiger partial charge in [0.2, 0.25) is 0 Å². The van der Waals surface area contributed by atoms with Crippen molar-refractivity contribution in [2.75, 3.05) is 0 Å². The Kier molecular flexibility index (Phi) is 4.61. The van der Waals surface area contributed by atoms with E-state index in [2.05, 4.69) is 121 Å². The van der Waals surface area contributed by atoms with Gasteiger partial charge in [-0.15, -0.1) is 0 Å². The first-order chi connectivity index (χ1) is 19.8. The van der Waals surface area contributed by atoms with Crippen LogP contribution in [0.15, 0.2) is 148 Å². The van der Waals surface area contributed by atoms with Crippen LogP contribution in [0.3, 0.4) is 0 Å². The summed E-state index contributed by atoms with van der Waals surface area (Å²) in [5.74, 6) is 0. The second-order valence-corrected chi connectivity index (χ2v) is 11.5. The van der Waals surface area contributed by atoms with Crippen molar-refractivity contribution in [2.45, 2.75) is 9.79 Å². The maximum Gasteiger partial charge on any atom is 0.136 e. The Morgan fingerprint density at radius 2 is 1.07 bits per heavy atom. The zero-order valence-corrected chi connectivity index (χ0v) is 22.3. The second kappa shape index (κ2) is 8.35. The fraction of sp³-hybridized carbons (Fsp3) is 0. The molecule has 0 amide bonds. The second-order valence-electron chi connectivity index (χ2n) is 10.5. The lowest BCUT2D eigenvalue weighted by Gasteiger charge is -2.21. The summed E-state index contributed by atoms with van der Waals surface area (Å²) in [6.45, 7) is 0. The van der Waals surface area contributed by atoms with Gasteiger partial charge in [0.15, 0.2) is 0 Å². The van der Waals surface area contributed by atoms with Crippen molar-refractivity contribution < 1.29 is 4.42 Å². The Bertz CT molecular complexity index is 2300. The van der Waals surface area contributed by atoms with E-state index in [0.29, 0.717) is 0 Å². The SMILES string of the molecule is c1cc2c3c(cccc3c1)-c1cc(-c3ccc(-c4cccc5oc6ccccc6c45)c4ccccc34)ccc1S2. The molecule has 9 rings (SSSR count). The molecule has 0 atom stereocenters. The van der Waals surface area contributed by atoms with Crippen molar-refractivity contribution >= 4 is 55.2 Å². The number of rotatable bonds is 2. The highest BCUT2D eigenvalue weighted by Gasteiger charge is 2.20. The Morgan fingerprint density at radius 1 is 0.400 bits per heavy atom. The molecule has 0 unspecified atom stereocenters.